The van der Waals surface area contributed by atoms with Crippen LogP contribution in [0.2, 0.25) is 0 Å². The summed E-state index contributed by atoms with van der Waals surface area (Å²) in [6.45, 7) is 3.66. The lowest BCUT2D eigenvalue weighted by molar-refractivity contribution is -0.134. The van der Waals surface area contributed by atoms with Gasteiger partial charge in [-0.05, 0) is 25.0 Å². The largest absolute Gasteiger partial charge is 0.339 e. The lowest BCUT2D eigenvalue weighted by Crippen LogP contribution is -2.52. The maximum atomic E-state index is 12.6. The van der Waals surface area contributed by atoms with Crippen molar-refractivity contribution >= 4 is 17.5 Å². The van der Waals surface area contributed by atoms with Crippen molar-refractivity contribution in [1.82, 2.24) is 24.6 Å². The molecule has 0 spiro atoms. The molecule has 2 amide bonds. The van der Waals surface area contributed by atoms with Crippen molar-refractivity contribution in [1.29, 1.82) is 0 Å². The van der Waals surface area contributed by atoms with Crippen molar-refractivity contribution in [3.8, 4) is 0 Å². The van der Waals surface area contributed by atoms with Crippen LogP contribution in [-0.4, -0.2) is 68.6 Å². The van der Waals surface area contributed by atoms with Crippen molar-refractivity contribution in [2.45, 2.75) is 38.3 Å². The third kappa shape index (κ3) is 4.39. The molecule has 8 nitrogen and oxygen atoms in total. The maximum Gasteiger partial charge on any atom is 0.274 e. The van der Waals surface area contributed by atoms with Crippen LogP contribution in [0, 0.1) is 0 Å². The van der Waals surface area contributed by atoms with E-state index in [1.165, 1.54) is 25.7 Å². The van der Waals surface area contributed by atoms with Crippen LogP contribution in [0.15, 0.2) is 36.8 Å². The monoisotopic (exact) mass is 382 g/mol. The quantitative estimate of drug-likeness (QED) is 0.850. The Labute approximate surface area is 164 Å². The topological polar surface area (TPSA) is 83.4 Å². The van der Waals surface area contributed by atoms with E-state index >= 15 is 0 Å². The van der Waals surface area contributed by atoms with Gasteiger partial charge in [-0.2, -0.15) is 5.10 Å². The van der Waals surface area contributed by atoms with Crippen molar-refractivity contribution < 1.29 is 9.59 Å². The number of carbonyl (C=O) groups is 2. The van der Waals surface area contributed by atoms with E-state index in [9.17, 15) is 9.59 Å². The van der Waals surface area contributed by atoms with Crippen LogP contribution in [0.1, 0.15) is 36.2 Å². The van der Waals surface area contributed by atoms with Gasteiger partial charge < -0.3 is 10.2 Å². The first-order valence-corrected chi connectivity index (χ1v) is 9.96. The normalized spacial score (nSPS) is 18.4. The summed E-state index contributed by atoms with van der Waals surface area (Å²) in [5.74, 6) is -0.230. The second-order valence-corrected chi connectivity index (χ2v) is 7.45. The van der Waals surface area contributed by atoms with Crippen molar-refractivity contribution in [3.63, 3.8) is 0 Å². The number of hydrogen-bond donors (Lipinski definition) is 1. The molecule has 4 rings (SSSR count). The van der Waals surface area contributed by atoms with E-state index in [0.29, 0.717) is 17.4 Å². The lowest BCUT2D eigenvalue weighted by atomic mass is 10.2. The third-order valence-electron chi connectivity index (χ3n) is 5.59. The van der Waals surface area contributed by atoms with E-state index in [1.807, 2.05) is 4.90 Å². The Hall–Kier alpha value is -2.74. The molecule has 1 saturated heterocycles. The minimum atomic E-state index is -0.297. The van der Waals surface area contributed by atoms with Gasteiger partial charge in [-0.15, -0.1) is 0 Å². The Morgan fingerprint density at radius 3 is 2.61 bits per heavy atom. The molecule has 0 unspecified atom stereocenters. The van der Waals surface area contributed by atoms with Gasteiger partial charge in [-0.25, -0.2) is 0 Å². The van der Waals surface area contributed by atoms with Gasteiger partial charge in [0.2, 0.25) is 5.91 Å². The van der Waals surface area contributed by atoms with E-state index < -0.39 is 0 Å². The summed E-state index contributed by atoms with van der Waals surface area (Å²) in [6, 6.07) is 5.88. The van der Waals surface area contributed by atoms with Gasteiger partial charge in [0.1, 0.15) is 12.2 Å². The second-order valence-electron chi connectivity index (χ2n) is 7.45. The molecule has 0 radical (unpaired) electrons. The molecule has 2 aliphatic rings. The average molecular weight is 382 g/mol. The Morgan fingerprint density at radius 1 is 1.11 bits per heavy atom. The molecule has 148 valence electrons. The summed E-state index contributed by atoms with van der Waals surface area (Å²) in [7, 11) is 0. The molecule has 1 saturated carbocycles. The molecule has 0 atom stereocenters. The van der Waals surface area contributed by atoms with E-state index in [0.717, 1.165) is 26.2 Å². The molecule has 28 heavy (non-hydrogen) atoms. The summed E-state index contributed by atoms with van der Waals surface area (Å²) < 4.78 is 1.57. The fraction of sp³-hybridized carbons (Fsp3) is 0.500. The molecule has 1 N–H and O–H groups in total. The first-order valence-electron chi connectivity index (χ1n) is 9.96. The number of piperazine rings is 1. The Morgan fingerprint density at radius 2 is 1.89 bits per heavy atom. The summed E-state index contributed by atoms with van der Waals surface area (Å²) in [6.07, 6.45) is 10.1. The zero-order valence-corrected chi connectivity index (χ0v) is 16.0. The molecule has 0 aromatic carbocycles. The molecule has 2 aromatic rings. The number of rotatable bonds is 5. The summed E-state index contributed by atoms with van der Waals surface area (Å²) in [4.78, 5) is 33.2. The van der Waals surface area contributed by atoms with E-state index in [1.54, 1.807) is 41.5 Å². The minimum absolute atomic E-state index is 0.0665. The highest BCUT2D eigenvalue weighted by Gasteiger charge is 2.27. The predicted octanol–water partition coefficient (Wildman–Crippen LogP) is 1.62. The number of aromatic nitrogens is 3. The van der Waals surface area contributed by atoms with Crippen LogP contribution in [0.3, 0.4) is 0 Å². The molecule has 0 bridgehead atoms. The Bertz CT molecular complexity index is 807. The third-order valence-corrected chi connectivity index (χ3v) is 5.59. The van der Waals surface area contributed by atoms with Gasteiger partial charge in [0.25, 0.3) is 5.91 Å². The standard InChI is InChI=1S/C20H26N6O2/c27-19(25-11-9-24(10-12-25)17-5-1-2-6-17)15-26-14-16(13-22-26)23-20(28)18-7-3-4-8-21-18/h3-4,7-8,13-14,17H,1-2,5-6,9-12,15H2,(H,23,28). The fourth-order valence-corrected chi connectivity index (χ4v) is 4.05. The van der Waals surface area contributed by atoms with Crippen molar-refractivity contribution in [2.24, 2.45) is 0 Å². The van der Waals surface area contributed by atoms with Gasteiger partial charge in [-0.1, -0.05) is 18.9 Å². The highest BCUT2D eigenvalue weighted by atomic mass is 16.2. The maximum absolute atomic E-state index is 12.6. The molecule has 2 aromatic heterocycles. The van der Waals surface area contributed by atoms with Crippen LogP contribution < -0.4 is 5.32 Å². The van der Waals surface area contributed by atoms with E-state index in [-0.39, 0.29) is 18.4 Å². The molecule has 8 heteroatoms. The highest BCUT2D eigenvalue weighted by molar-refractivity contribution is 6.02. The van der Waals surface area contributed by atoms with Crippen LogP contribution in [0.4, 0.5) is 5.69 Å². The summed E-state index contributed by atoms with van der Waals surface area (Å²) in [5.41, 5.74) is 0.890. The zero-order valence-electron chi connectivity index (χ0n) is 16.0. The van der Waals surface area contributed by atoms with Gasteiger partial charge >= 0.3 is 0 Å². The number of anilines is 1. The zero-order chi connectivity index (χ0) is 19.3. The molecular weight excluding hydrogens is 356 g/mol. The Kier molecular flexibility index (Phi) is 5.66. The predicted molar refractivity (Wildman–Crippen MR) is 105 cm³/mol. The molecule has 2 fully saturated rings. The van der Waals surface area contributed by atoms with Gasteiger partial charge in [0, 0.05) is 44.6 Å². The van der Waals surface area contributed by atoms with Crippen LogP contribution in [0.25, 0.3) is 0 Å². The van der Waals surface area contributed by atoms with Crippen LogP contribution in [-0.2, 0) is 11.3 Å². The number of pyridine rings is 1. The number of nitrogens with one attached hydrogen (secondary N) is 1. The van der Waals surface area contributed by atoms with Crippen LogP contribution in [0.5, 0.6) is 0 Å². The lowest BCUT2D eigenvalue weighted by Gasteiger charge is -2.38. The Balaban J connectivity index is 1.27. The highest BCUT2D eigenvalue weighted by Crippen LogP contribution is 2.24. The number of nitrogens with zero attached hydrogens (tertiary/aromatic N) is 5. The number of carbonyl (C=O) groups excluding carboxylic acids is 2. The van der Waals surface area contributed by atoms with Crippen LogP contribution >= 0.6 is 0 Å². The van der Waals surface area contributed by atoms with Crippen molar-refractivity contribution in [3.05, 3.63) is 42.5 Å². The smallest absolute Gasteiger partial charge is 0.274 e. The average Bonchev–Trinajstić information content (AvgIpc) is 3.41. The van der Waals surface area contributed by atoms with E-state index in [2.05, 4.69) is 20.3 Å². The number of amides is 2. The summed E-state index contributed by atoms with van der Waals surface area (Å²) >= 11 is 0. The molecule has 1 aliphatic heterocycles. The SMILES string of the molecule is O=C(Nc1cnn(CC(=O)N2CCN(C3CCCC3)CC2)c1)c1ccccn1. The molecule has 3 heterocycles. The van der Waals surface area contributed by atoms with E-state index in [4.69, 9.17) is 0 Å². The van der Waals surface area contributed by atoms with Gasteiger partial charge in [0.15, 0.2) is 0 Å². The number of hydrogen-bond acceptors (Lipinski definition) is 5. The first-order chi connectivity index (χ1) is 13.7. The van der Waals surface area contributed by atoms with Gasteiger partial charge in [0.05, 0.1) is 11.9 Å². The second kappa shape index (κ2) is 8.52. The summed E-state index contributed by atoms with van der Waals surface area (Å²) in [5, 5.41) is 6.95. The van der Waals surface area contributed by atoms with Gasteiger partial charge in [-0.3, -0.25) is 24.2 Å². The van der Waals surface area contributed by atoms with Crippen molar-refractivity contribution in [2.75, 3.05) is 31.5 Å². The first kappa shape index (κ1) is 18.6. The molecule has 1 aliphatic carbocycles. The fourth-order valence-electron chi connectivity index (χ4n) is 4.05. The molecular formula is C20H26N6O2. The minimum Gasteiger partial charge on any atom is -0.339 e.